The Morgan fingerprint density at radius 3 is 2.52 bits per heavy atom. The van der Waals surface area contributed by atoms with Crippen molar-refractivity contribution in [2.75, 3.05) is 0 Å². The molecule has 0 radical (unpaired) electrons. The van der Waals surface area contributed by atoms with E-state index in [1.165, 1.54) is 4.90 Å². The molecule has 6 heteroatoms. The van der Waals surface area contributed by atoms with Crippen molar-refractivity contribution in [1.82, 2.24) is 9.88 Å². The number of hydrogen-bond donors (Lipinski definition) is 1. The van der Waals surface area contributed by atoms with Gasteiger partial charge in [-0.15, -0.1) is 0 Å². The molecule has 1 aromatic heterocycles. The number of halogens is 1. The zero-order valence-electron chi connectivity index (χ0n) is 15.3. The van der Waals surface area contributed by atoms with Crippen molar-refractivity contribution in [2.45, 2.75) is 12.6 Å². The third-order valence-corrected chi connectivity index (χ3v) is 5.32. The Balaban J connectivity index is 1.87. The molecule has 2 aromatic carbocycles. The summed E-state index contributed by atoms with van der Waals surface area (Å²) >= 11 is 3.45. The number of hydrogen-bond acceptors (Lipinski definition) is 4. The van der Waals surface area contributed by atoms with Gasteiger partial charge in [-0.25, -0.2) is 0 Å². The Morgan fingerprint density at radius 1 is 1.03 bits per heavy atom. The summed E-state index contributed by atoms with van der Waals surface area (Å²) in [6, 6.07) is 19.1. The third-order valence-electron chi connectivity index (χ3n) is 4.83. The minimum atomic E-state index is -0.701. The first kappa shape index (κ1) is 19.1. The summed E-state index contributed by atoms with van der Waals surface area (Å²) in [5.41, 5.74) is 2.11. The molecule has 144 valence electrons. The Morgan fingerprint density at radius 2 is 1.83 bits per heavy atom. The number of rotatable bonds is 4. The van der Waals surface area contributed by atoms with Crippen LogP contribution in [0.3, 0.4) is 0 Å². The predicted molar refractivity (Wildman–Crippen MR) is 113 cm³/mol. The lowest BCUT2D eigenvalue weighted by Gasteiger charge is -2.25. The number of ketones is 1. The molecule has 3 aromatic rings. The summed E-state index contributed by atoms with van der Waals surface area (Å²) in [5.74, 6) is -1.51. The highest BCUT2D eigenvalue weighted by Crippen LogP contribution is 2.40. The molecular formula is C23H17BrN2O3. The molecule has 1 saturated heterocycles. The number of Topliss-reactive ketones (excluding diaryl/α,β-unsaturated/α-hetero) is 1. The largest absolute Gasteiger partial charge is 0.507 e. The summed E-state index contributed by atoms with van der Waals surface area (Å²) in [6.07, 6.45) is 3.31. The summed E-state index contributed by atoms with van der Waals surface area (Å²) < 4.78 is 0.821. The number of pyridine rings is 1. The average Bonchev–Trinajstić information content (AvgIpc) is 2.99. The second-order valence-corrected chi connectivity index (χ2v) is 7.62. The summed E-state index contributed by atoms with van der Waals surface area (Å²) in [7, 11) is 0. The monoisotopic (exact) mass is 448 g/mol. The van der Waals surface area contributed by atoms with Gasteiger partial charge in [0.25, 0.3) is 11.7 Å². The maximum absolute atomic E-state index is 13.0. The van der Waals surface area contributed by atoms with Crippen LogP contribution in [0, 0.1) is 0 Å². The van der Waals surface area contributed by atoms with E-state index in [1.54, 1.807) is 42.7 Å². The van der Waals surface area contributed by atoms with Crippen molar-refractivity contribution >= 4 is 33.4 Å². The van der Waals surface area contributed by atoms with Crippen LogP contribution in [0.2, 0.25) is 0 Å². The highest BCUT2D eigenvalue weighted by molar-refractivity contribution is 9.10. The van der Waals surface area contributed by atoms with Crippen molar-refractivity contribution in [3.8, 4) is 0 Å². The van der Waals surface area contributed by atoms with Gasteiger partial charge < -0.3 is 10.0 Å². The molecule has 1 amide bonds. The van der Waals surface area contributed by atoms with E-state index >= 15 is 0 Å². The maximum atomic E-state index is 13.0. The Labute approximate surface area is 176 Å². The molecule has 1 aliphatic rings. The summed E-state index contributed by atoms with van der Waals surface area (Å²) in [4.78, 5) is 31.5. The second-order valence-electron chi connectivity index (χ2n) is 6.71. The number of aliphatic hydroxyl groups excluding tert-OH is 1. The van der Waals surface area contributed by atoms with Crippen LogP contribution in [-0.2, 0) is 16.1 Å². The normalized spacial score (nSPS) is 18.2. The first-order valence-corrected chi connectivity index (χ1v) is 9.84. The van der Waals surface area contributed by atoms with Gasteiger partial charge in [-0.2, -0.15) is 0 Å². The number of carbonyl (C=O) groups is 2. The molecule has 5 nitrogen and oxygen atoms in total. The highest BCUT2D eigenvalue weighted by Gasteiger charge is 2.46. The molecule has 1 aliphatic heterocycles. The molecule has 0 spiro atoms. The molecule has 1 fully saturated rings. The van der Waals surface area contributed by atoms with Crippen LogP contribution in [-0.4, -0.2) is 26.7 Å². The lowest BCUT2D eigenvalue weighted by atomic mass is 9.95. The molecule has 0 bridgehead atoms. The Kier molecular flexibility index (Phi) is 5.27. The van der Waals surface area contributed by atoms with E-state index in [9.17, 15) is 14.7 Å². The Bertz CT molecular complexity index is 1100. The first-order valence-electron chi connectivity index (χ1n) is 9.04. The molecule has 1 atom stereocenters. The number of benzene rings is 2. The van der Waals surface area contributed by atoms with Gasteiger partial charge in [0.2, 0.25) is 0 Å². The van der Waals surface area contributed by atoms with Gasteiger partial charge in [-0.1, -0.05) is 64.5 Å². The minimum Gasteiger partial charge on any atom is -0.507 e. The van der Waals surface area contributed by atoms with Crippen molar-refractivity contribution in [2.24, 2.45) is 0 Å². The van der Waals surface area contributed by atoms with Crippen LogP contribution in [0.5, 0.6) is 0 Å². The van der Waals surface area contributed by atoms with Gasteiger partial charge in [0.1, 0.15) is 5.76 Å². The van der Waals surface area contributed by atoms with Gasteiger partial charge >= 0.3 is 0 Å². The number of nitrogens with zero attached hydrogens (tertiary/aromatic N) is 2. The quantitative estimate of drug-likeness (QED) is 0.363. The summed E-state index contributed by atoms with van der Waals surface area (Å²) in [5, 5.41) is 10.9. The lowest BCUT2D eigenvalue weighted by molar-refractivity contribution is -0.140. The van der Waals surface area contributed by atoms with E-state index in [4.69, 9.17) is 0 Å². The van der Waals surface area contributed by atoms with Gasteiger partial charge in [-0.3, -0.25) is 14.6 Å². The van der Waals surface area contributed by atoms with Crippen molar-refractivity contribution < 1.29 is 14.7 Å². The van der Waals surface area contributed by atoms with E-state index in [0.29, 0.717) is 5.56 Å². The zero-order chi connectivity index (χ0) is 20.4. The number of aromatic nitrogens is 1. The zero-order valence-corrected chi connectivity index (χ0v) is 16.9. The van der Waals surface area contributed by atoms with E-state index < -0.39 is 17.7 Å². The van der Waals surface area contributed by atoms with Crippen LogP contribution in [0.1, 0.15) is 22.7 Å². The number of amides is 1. The van der Waals surface area contributed by atoms with Crippen molar-refractivity contribution in [1.29, 1.82) is 0 Å². The third kappa shape index (κ3) is 3.71. The van der Waals surface area contributed by atoms with E-state index in [1.807, 2.05) is 36.4 Å². The average molecular weight is 449 g/mol. The fourth-order valence-electron chi connectivity index (χ4n) is 3.51. The maximum Gasteiger partial charge on any atom is 0.295 e. The van der Waals surface area contributed by atoms with Gasteiger partial charge in [0.05, 0.1) is 11.6 Å². The van der Waals surface area contributed by atoms with Crippen LogP contribution in [0.15, 0.2) is 89.2 Å². The lowest BCUT2D eigenvalue weighted by Crippen LogP contribution is -2.29. The number of carbonyl (C=O) groups excluding carboxylic acids is 2. The molecule has 0 unspecified atom stereocenters. The topological polar surface area (TPSA) is 70.5 Å². The molecule has 4 rings (SSSR count). The van der Waals surface area contributed by atoms with Crippen LogP contribution in [0.25, 0.3) is 5.76 Å². The van der Waals surface area contributed by atoms with Crippen molar-refractivity contribution in [3.05, 3.63) is 106 Å². The molecule has 1 N–H and O–H groups in total. The van der Waals surface area contributed by atoms with Gasteiger partial charge in [0.15, 0.2) is 0 Å². The van der Waals surface area contributed by atoms with Crippen molar-refractivity contribution in [3.63, 3.8) is 0 Å². The molecule has 0 aliphatic carbocycles. The van der Waals surface area contributed by atoms with E-state index in [2.05, 4.69) is 20.9 Å². The molecule has 29 heavy (non-hydrogen) atoms. The summed E-state index contributed by atoms with van der Waals surface area (Å²) in [6.45, 7) is 0.209. The smallest absolute Gasteiger partial charge is 0.295 e. The predicted octanol–water partition coefficient (Wildman–Crippen LogP) is 4.47. The van der Waals surface area contributed by atoms with E-state index in [0.717, 1.165) is 15.6 Å². The standard InChI is InChI=1S/C23H17BrN2O3/c24-18-10-4-9-17(12-18)20-19(21(27)16-7-2-1-3-8-16)22(28)23(29)26(20)14-15-6-5-11-25-13-15/h1-13,20,27H,14H2/t20-/m1/s1. The highest BCUT2D eigenvalue weighted by atomic mass is 79.9. The van der Waals surface area contributed by atoms with Gasteiger partial charge in [0, 0.05) is 29.0 Å². The fourth-order valence-corrected chi connectivity index (χ4v) is 3.92. The SMILES string of the molecule is O=C1C(=O)N(Cc2cccnc2)[C@H](c2cccc(Br)c2)C1=C(O)c1ccccc1. The van der Waals surface area contributed by atoms with Crippen LogP contribution < -0.4 is 0 Å². The minimum absolute atomic E-state index is 0.0863. The van der Waals surface area contributed by atoms with Crippen LogP contribution >= 0.6 is 15.9 Å². The van der Waals surface area contributed by atoms with E-state index in [-0.39, 0.29) is 17.9 Å². The number of likely N-dealkylation sites (tertiary alicyclic amines) is 1. The first-order chi connectivity index (χ1) is 14.1. The molecule has 0 saturated carbocycles. The van der Waals surface area contributed by atoms with Gasteiger partial charge in [-0.05, 0) is 29.3 Å². The fraction of sp³-hybridized carbons (Fsp3) is 0.0870. The van der Waals surface area contributed by atoms with Crippen LogP contribution in [0.4, 0.5) is 0 Å². The number of aliphatic hydroxyl groups is 1. The molecular weight excluding hydrogens is 432 g/mol. The second kappa shape index (κ2) is 8.01. The Hall–Kier alpha value is -3.25. The molecule has 2 heterocycles.